The molecule has 0 radical (unpaired) electrons. The standard InChI is InChI=1S/C18H19ClN2O2S/c19-14-6-2-1-5-13(14)15-10-24-16(20-15)9-21-8-12-4-3-7-18(12,11-21)17(22)23/h1-2,5-6,10,12H,3-4,7-9,11H2,(H,22,23)/t12-,18+/m0/s1. The smallest absolute Gasteiger partial charge is 0.311 e. The quantitative estimate of drug-likeness (QED) is 0.887. The number of hydrogen-bond acceptors (Lipinski definition) is 4. The topological polar surface area (TPSA) is 53.4 Å². The highest BCUT2D eigenvalue weighted by Gasteiger charge is 2.54. The van der Waals surface area contributed by atoms with Crippen LogP contribution in [0.5, 0.6) is 0 Å². The maximum Gasteiger partial charge on any atom is 0.311 e. The van der Waals surface area contributed by atoms with Crippen LogP contribution < -0.4 is 0 Å². The van der Waals surface area contributed by atoms with E-state index in [2.05, 4.69) is 4.90 Å². The van der Waals surface area contributed by atoms with Crippen molar-refractivity contribution in [3.8, 4) is 11.3 Å². The lowest BCUT2D eigenvalue weighted by Crippen LogP contribution is -2.35. The molecule has 4 nitrogen and oxygen atoms in total. The van der Waals surface area contributed by atoms with E-state index in [0.29, 0.717) is 11.6 Å². The molecule has 0 spiro atoms. The first-order valence-corrected chi connectivity index (χ1v) is 9.49. The van der Waals surface area contributed by atoms with Crippen LogP contribution in [-0.2, 0) is 11.3 Å². The molecule has 1 aromatic heterocycles. The minimum Gasteiger partial charge on any atom is -0.481 e. The highest BCUT2D eigenvalue weighted by Crippen LogP contribution is 2.49. The van der Waals surface area contributed by atoms with Crippen LogP contribution >= 0.6 is 22.9 Å². The Bertz CT molecular complexity index is 778. The van der Waals surface area contributed by atoms with Crippen molar-refractivity contribution in [2.45, 2.75) is 25.8 Å². The van der Waals surface area contributed by atoms with Crippen LogP contribution in [0.1, 0.15) is 24.3 Å². The molecule has 2 atom stereocenters. The molecule has 1 aliphatic carbocycles. The Balaban J connectivity index is 1.50. The molecular weight excluding hydrogens is 344 g/mol. The molecule has 0 bridgehead atoms. The number of rotatable bonds is 4. The monoisotopic (exact) mass is 362 g/mol. The van der Waals surface area contributed by atoms with Crippen molar-refractivity contribution in [3.05, 3.63) is 39.7 Å². The summed E-state index contributed by atoms with van der Waals surface area (Å²) in [5.74, 6) is -0.332. The van der Waals surface area contributed by atoms with Crippen LogP contribution in [0, 0.1) is 11.3 Å². The van der Waals surface area contributed by atoms with Crippen molar-refractivity contribution in [3.63, 3.8) is 0 Å². The number of carbonyl (C=O) groups is 1. The van der Waals surface area contributed by atoms with Crippen molar-refractivity contribution < 1.29 is 9.90 Å². The summed E-state index contributed by atoms with van der Waals surface area (Å²) < 4.78 is 0. The van der Waals surface area contributed by atoms with E-state index >= 15 is 0 Å². The number of carboxylic acids is 1. The summed E-state index contributed by atoms with van der Waals surface area (Å²) in [5.41, 5.74) is 1.32. The summed E-state index contributed by atoms with van der Waals surface area (Å²) in [5, 5.41) is 13.4. The lowest BCUT2D eigenvalue weighted by atomic mass is 9.81. The zero-order valence-electron chi connectivity index (χ0n) is 13.2. The lowest BCUT2D eigenvalue weighted by Gasteiger charge is -2.23. The zero-order chi connectivity index (χ0) is 16.7. The number of nitrogens with zero attached hydrogens (tertiary/aromatic N) is 2. The summed E-state index contributed by atoms with van der Waals surface area (Å²) in [6, 6.07) is 7.71. The third-order valence-electron chi connectivity index (χ3n) is 5.43. The van der Waals surface area contributed by atoms with Crippen molar-refractivity contribution in [1.82, 2.24) is 9.88 Å². The Morgan fingerprint density at radius 3 is 3.04 bits per heavy atom. The Hall–Kier alpha value is -1.43. The first-order valence-electron chi connectivity index (χ1n) is 8.23. The van der Waals surface area contributed by atoms with Gasteiger partial charge < -0.3 is 5.11 Å². The molecule has 1 aromatic carbocycles. The van der Waals surface area contributed by atoms with Gasteiger partial charge in [-0.25, -0.2) is 4.98 Å². The Labute approximate surface area is 150 Å². The summed E-state index contributed by atoms with van der Waals surface area (Å²) in [6.07, 6.45) is 2.89. The second-order valence-corrected chi connectivity index (χ2v) is 8.18. The zero-order valence-corrected chi connectivity index (χ0v) is 14.8. The van der Waals surface area contributed by atoms with Gasteiger partial charge in [-0.15, -0.1) is 11.3 Å². The van der Waals surface area contributed by atoms with E-state index < -0.39 is 11.4 Å². The van der Waals surface area contributed by atoms with Gasteiger partial charge in [0.05, 0.1) is 17.7 Å². The van der Waals surface area contributed by atoms with Crippen LogP contribution in [0.3, 0.4) is 0 Å². The molecular formula is C18H19ClN2O2S. The minimum atomic E-state index is -0.622. The molecule has 1 N–H and O–H groups in total. The van der Waals surface area contributed by atoms with Crippen LogP contribution in [-0.4, -0.2) is 34.0 Å². The average molecular weight is 363 g/mol. The number of carboxylic acid groups (broad SMARTS) is 1. The molecule has 6 heteroatoms. The van der Waals surface area contributed by atoms with Crippen molar-refractivity contribution in [2.75, 3.05) is 13.1 Å². The molecule has 2 fully saturated rings. The fourth-order valence-electron chi connectivity index (χ4n) is 4.23. The fraction of sp³-hybridized carbons (Fsp3) is 0.444. The van der Waals surface area contributed by atoms with Gasteiger partial charge in [-0.1, -0.05) is 36.2 Å². The number of halogens is 1. The van der Waals surface area contributed by atoms with Crippen LogP contribution in [0.15, 0.2) is 29.6 Å². The first kappa shape index (κ1) is 16.1. The average Bonchev–Trinajstić information content (AvgIpc) is 3.22. The summed E-state index contributed by atoms with van der Waals surface area (Å²) in [6.45, 7) is 2.24. The van der Waals surface area contributed by atoms with E-state index in [1.165, 1.54) is 0 Å². The molecule has 1 saturated carbocycles. The fourth-order valence-corrected chi connectivity index (χ4v) is 5.30. The summed E-state index contributed by atoms with van der Waals surface area (Å²) in [7, 11) is 0. The van der Waals surface area contributed by atoms with Crippen molar-refractivity contribution >= 4 is 28.9 Å². The molecule has 24 heavy (non-hydrogen) atoms. The van der Waals surface area contributed by atoms with Crippen LogP contribution in [0.25, 0.3) is 11.3 Å². The second-order valence-electron chi connectivity index (χ2n) is 6.83. The molecule has 1 aliphatic heterocycles. The Morgan fingerprint density at radius 1 is 1.46 bits per heavy atom. The molecule has 0 unspecified atom stereocenters. The van der Waals surface area contributed by atoms with Crippen molar-refractivity contribution in [1.29, 1.82) is 0 Å². The second kappa shape index (κ2) is 6.14. The molecule has 2 aliphatic rings. The predicted molar refractivity (Wildman–Crippen MR) is 95.2 cm³/mol. The number of fused-ring (bicyclic) bond motifs is 1. The number of thiazole rings is 1. The van der Waals surface area contributed by atoms with Gasteiger partial charge in [-0.2, -0.15) is 0 Å². The number of likely N-dealkylation sites (tertiary alicyclic amines) is 1. The van der Waals surface area contributed by atoms with E-state index in [1.807, 2.05) is 29.6 Å². The third-order valence-corrected chi connectivity index (χ3v) is 6.59. The van der Waals surface area contributed by atoms with Gasteiger partial charge in [-0.05, 0) is 24.8 Å². The Morgan fingerprint density at radius 2 is 2.29 bits per heavy atom. The summed E-state index contributed by atoms with van der Waals surface area (Å²) in [4.78, 5) is 18.7. The van der Waals surface area contributed by atoms with Gasteiger partial charge in [-0.3, -0.25) is 9.69 Å². The normalized spacial score (nSPS) is 26.6. The number of aromatic nitrogens is 1. The van der Waals surface area contributed by atoms with E-state index in [9.17, 15) is 9.90 Å². The first-order chi connectivity index (χ1) is 11.6. The molecule has 1 saturated heterocycles. The minimum absolute atomic E-state index is 0.290. The van der Waals surface area contributed by atoms with Gasteiger partial charge in [0.1, 0.15) is 5.01 Å². The lowest BCUT2D eigenvalue weighted by molar-refractivity contribution is -0.149. The van der Waals surface area contributed by atoms with Crippen LogP contribution in [0.2, 0.25) is 5.02 Å². The van der Waals surface area contributed by atoms with Gasteiger partial charge in [0.15, 0.2) is 0 Å². The Kier molecular flexibility index (Phi) is 4.11. The molecule has 2 heterocycles. The van der Waals surface area contributed by atoms with Crippen LogP contribution in [0.4, 0.5) is 0 Å². The molecule has 4 rings (SSSR count). The summed E-state index contributed by atoms with van der Waals surface area (Å²) >= 11 is 7.86. The molecule has 0 amide bonds. The van der Waals surface area contributed by atoms with E-state index in [0.717, 1.165) is 48.6 Å². The largest absolute Gasteiger partial charge is 0.481 e. The number of hydrogen-bond donors (Lipinski definition) is 1. The van der Waals surface area contributed by atoms with E-state index in [-0.39, 0.29) is 5.92 Å². The third kappa shape index (κ3) is 2.65. The molecule has 2 aromatic rings. The maximum atomic E-state index is 11.8. The van der Waals surface area contributed by atoms with E-state index in [4.69, 9.17) is 16.6 Å². The highest BCUT2D eigenvalue weighted by molar-refractivity contribution is 7.09. The van der Waals surface area contributed by atoms with Gasteiger partial charge in [0.25, 0.3) is 0 Å². The number of aliphatic carboxylic acids is 1. The van der Waals surface area contributed by atoms with Crippen molar-refractivity contribution in [2.24, 2.45) is 11.3 Å². The number of benzene rings is 1. The SMILES string of the molecule is O=C(O)[C@@]12CCC[C@H]1CN(Cc1nc(-c3ccccc3Cl)cs1)C2. The van der Waals surface area contributed by atoms with Gasteiger partial charge in [0.2, 0.25) is 0 Å². The van der Waals surface area contributed by atoms with E-state index in [1.54, 1.807) is 11.3 Å². The highest BCUT2D eigenvalue weighted by atomic mass is 35.5. The molecule has 126 valence electrons. The maximum absolute atomic E-state index is 11.8. The van der Waals surface area contributed by atoms with Gasteiger partial charge in [0, 0.05) is 29.1 Å². The van der Waals surface area contributed by atoms with Gasteiger partial charge >= 0.3 is 5.97 Å². The predicted octanol–water partition coefficient (Wildman–Crippen LogP) is 4.15.